The number of benzene rings is 1. The Morgan fingerprint density at radius 1 is 1.33 bits per heavy atom. The Balaban J connectivity index is 2.13. The Labute approximate surface area is 91.8 Å². The zero-order valence-corrected chi connectivity index (χ0v) is 9.71. The number of ether oxygens (including phenoxy) is 1. The average Bonchev–Trinajstić information content (AvgIpc) is 2.91. The lowest BCUT2D eigenvalue weighted by molar-refractivity contribution is 0.415. The summed E-state index contributed by atoms with van der Waals surface area (Å²) in [6.07, 6.45) is 4.81. The molecule has 0 unspecified atom stereocenters. The van der Waals surface area contributed by atoms with Gasteiger partial charge >= 0.3 is 0 Å². The molecule has 0 bridgehead atoms. The van der Waals surface area contributed by atoms with Crippen molar-refractivity contribution in [1.82, 2.24) is 0 Å². The molecule has 1 fully saturated rings. The number of methoxy groups -OCH3 is 1. The summed E-state index contributed by atoms with van der Waals surface area (Å²) in [6.45, 7) is 4.59. The molecule has 0 aliphatic heterocycles. The van der Waals surface area contributed by atoms with Crippen LogP contribution >= 0.6 is 0 Å². The van der Waals surface area contributed by atoms with Crippen LogP contribution in [0.5, 0.6) is 5.75 Å². The highest BCUT2D eigenvalue weighted by Crippen LogP contribution is 2.54. The summed E-state index contributed by atoms with van der Waals surface area (Å²) in [5, 5.41) is 0. The van der Waals surface area contributed by atoms with Gasteiger partial charge in [-0.3, -0.25) is 0 Å². The van der Waals surface area contributed by atoms with Crippen molar-refractivity contribution in [2.24, 2.45) is 5.41 Å². The minimum absolute atomic E-state index is 0.486. The average molecular weight is 202 g/mol. The van der Waals surface area contributed by atoms with E-state index in [-0.39, 0.29) is 0 Å². The van der Waals surface area contributed by atoms with Gasteiger partial charge in [-0.1, -0.05) is 37.6 Å². The van der Waals surface area contributed by atoms with E-state index in [0.717, 1.165) is 5.75 Å². The molecule has 1 aliphatic rings. The molecule has 1 heteroatoms. The highest BCUT2D eigenvalue weighted by Gasteiger charge is 2.41. The highest BCUT2D eigenvalue weighted by molar-refractivity contribution is 5.60. The van der Waals surface area contributed by atoms with Crippen LogP contribution < -0.4 is 4.74 Å². The predicted molar refractivity (Wildman–Crippen MR) is 64.0 cm³/mol. The maximum Gasteiger partial charge on any atom is 0.118 e. The molecule has 0 amide bonds. The first-order valence-corrected chi connectivity index (χ1v) is 5.53. The Morgan fingerprint density at radius 3 is 2.47 bits per heavy atom. The molecule has 0 saturated heterocycles. The van der Waals surface area contributed by atoms with Crippen molar-refractivity contribution in [3.63, 3.8) is 0 Å². The summed E-state index contributed by atoms with van der Waals surface area (Å²) in [7, 11) is 1.70. The second-order valence-electron chi connectivity index (χ2n) is 4.53. The Kier molecular flexibility index (Phi) is 2.56. The summed E-state index contributed by atoms with van der Waals surface area (Å²) in [5.41, 5.74) is 3.35. The molecule has 2 rings (SSSR count). The standard InChI is InChI=1S/C14H18O/c1-4-14(2)10-12(14)9-11-5-7-13(15-3)8-6-11/h5-9H,4,10H2,1-3H3/b12-9+/t14-/m0/s1. The first kappa shape index (κ1) is 10.3. The van der Waals surface area contributed by atoms with Crippen LogP contribution in [-0.4, -0.2) is 7.11 Å². The van der Waals surface area contributed by atoms with Crippen molar-refractivity contribution in [1.29, 1.82) is 0 Å². The molecule has 15 heavy (non-hydrogen) atoms. The van der Waals surface area contributed by atoms with Gasteiger partial charge in [-0.2, -0.15) is 0 Å². The number of rotatable bonds is 3. The Bertz CT molecular complexity index is 375. The largest absolute Gasteiger partial charge is 0.497 e. The van der Waals surface area contributed by atoms with E-state index in [2.05, 4.69) is 32.1 Å². The molecular weight excluding hydrogens is 184 g/mol. The summed E-state index contributed by atoms with van der Waals surface area (Å²) >= 11 is 0. The van der Waals surface area contributed by atoms with Gasteiger partial charge in [0.25, 0.3) is 0 Å². The first-order valence-electron chi connectivity index (χ1n) is 5.53. The minimum atomic E-state index is 0.486. The van der Waals surface area contributed by atoms with Gasteiger partial charge in [-0.15, -0.1) is 0 Å². The predicted octanol–water partition coefficient (Wildman–Crippen LogP) is 3.90. The lowest BCUT2D eigenvalue weighted by Crippen LogP contribution is -1.88. The van der Waals surface area contributed by atoms with Crippen LogP contribution in [-0.2, 0) is 0 Å². The molecule has 0 spiro atoms. The van der Waals surface area contributed by atoms with E-state index in [1.165, 1.54) is 18.4 Å². The number of hydrogen-bond donors (Lipinski definition) is 0. The summed E-state index contributed by atoms with van der Waals surface area (Å²) in [5.74, 6) is 0.922. The van der Waals surface area contributed by atoms with Gasteiger partial charge in [0, 0.05) is 0 Å². The van der Waals surface area contributed by atoms with Crippen LogP contribution in [0.15, 0.2) is 29.8 Å². The van der Waals surface area contributed by atoms with Crippen LogP contribution in [0.1, 0.15) is 32.3 Å². The zero-order chi connectivity index (χ0) is 10.9. The highest BCUT2D eigenvalue weighted by atomic mass is 16.5. The van der Waals surface area contributed by atoms with Gasteiger partial charge in [0.2, 0.25) is 0 Å². The molecule has 1 nitrogen and oxygen atoms in total. The van der Waals surface area contributed by atoms with Crippen LogP contribution in [0.4, 0.5) is 0 Å². The van der Waals surface area contributed by atoms with Crippen LogP contribution in [0.3, 0.4) is 0 Å². The Hall–Kier alpha value is -1.24. The van der Waals surface area contributed by atoms with Crippen molar-refractivity contribution in [3.8, 4) is 5.75 Å². The first-order chi connectivity index (χ1) is 7.18. The van der Waals surface area contributed by atoms with Crippen molar-refractivity contribution in [2.75, 3.05) is 7.11 Å². The number of allylic oxidation sites excluding steroid dienone is 1. The van der Waals surface area contributed by atoms with Gasteiger partial charge in [0.05, 0.1) is 7.11 Å². The van der Waals surface area contributed by atoms with Crippen LogP contribution in [0, 0.1) is 5.41 Å². The normalized spacial score (nSPS) is 26.7. The van der Waals surface area contributed by atoms with Gasteiger partial charge in [-0.25, -0.2) is 0 Å². The molecule has 80 valence electrons. The lowest BCUT2D eigenvalue weighted by Gasteiger charge is -2.01. The van der Waals surface area contributed by atoms with E-state index in [1.54, 1.807) is 12.7 Å². The smallest absolute Gasteiger partial charge is 0.118 e. The fourth-order valence-electron chi connectivity index (χ4n) is 1.85. The summed E-state index contributed by atoms with van der Waals surface area (Å²) in [4.78, 5) is 0. The SMILES string of the molecule is CC[C@@]1(C)C/C1=C\c1ccc(OC)cc1. The summed E-state index contributed by atoms with van der Waals surface area (Å²) in [6, 6.07) is 8.25. The zero-order valence-electron chi connectivity index (χ0n) is 9.71. The molecular formula is C14H18O. The molecule has 0 heterocycles. The van der Waals surface area contributed by atoms with E-state index in [1.807, 2.05) is 12.1 Å². The van der Waals surface area contributed by atoms with E-state index >= 15 is 0 Å². The maximum atomic E-state index is 5.13. The topological polar surface area (TPSA) is 9.23 Å². The van der Waals surface area contributed by atoms with E-state index in [0.29, 0.717) is 5.41 Å². The van der Waals surface area contributed by atoms with Crippen molar-refractivity contribution in [2.45, 2.75) is 26.7 Å². The van der Waals surface area contributed by atoms with Crippen molar-refractivity contribution in [3.05, 3.63) is 35.4 Å². The van der Waals surface area contributed by atoms with Gasteiger partial charge in [0.15, 0.2) is 0 Å². The molecule has 0 radical (unpaired) electrons. The fourth-order valence-corrected chi connectivity index (χ4v) is 1.85. The molecule has 0 N–H and O–H groups in total. The third-order valence-electron chi connectivity index (χ3n) is 3.47. The molecule has 1 aromatic carbocycles. The van der Waals surface area contributed by atoms with Crippen molar-refractivity contribution >= 4 is 6.08 Å². The van der Waals surface area contributed by atoms with E-state index in [4.69, 9.17) is 4.74 Å². The molecule has 1 atom stereocenters. The van der Waals surface area contributed by atoms with Crippen LogP contribution in [0.25, 0.3) is 6.08 Å². The second-order valence-corrected chi connectivity index (χ2v) is 4.53. The molecule has 1 aliphatic carbocycles. The van der Waals surface area contributed by atoms with E-state index < -0.39 is 0 Å². The second kappa shape index (κ2) is 3.73. The molecule has 1 saturated carbocycles. The monoisotopic (exact) mass is 202 g/mol. The van der Waals surface area contributed by atoms with Gasteiger partial charge in [0.1, 0.15) is 5.75 Å². The van der Waals surface area contributed by atoms with E-state index in [9.17, 15) is 0 Å². The van der Waals surface area contributed by atoms with Gasteiger partial charge < -0.3 is 4.74 Å². The van der Waals surface area contributed by atoms with Crippen molar-refractivity contribution < 1.29 is 4.74 Å². The summed E-state index contributed by atoms with van der Waals surface area (Å²) < 4.78 is 5.13. The third kappa shape index (κ3) is 2.06. The number of hydrogen-bond acceptors (Lipinski definition) is 1. The molecule has 0 aromatic heterocycles. The van der Waals surface area contributed by atoms with Gasteiger partial charge in [-0.05, 0) is 36.0 Å². The van der Waals surface area contributed by atoms with Crippen LogP contribution in [0.2, 0.25) is 0 Å². The minimum Gasteiger partial charge on any atom is -0.497 e. The fraction of sp³-hybridized carbons (Fsp3) is 0.429. The lowest BCUT2D eigenvalue weighted by atomic mass is 10.0. The Morgan fingerprint density at radius 2 is 2.00 bits per heavy atom. The molecule has 1 aromatic rings. The third-order valence-corrected chi connectivity index (χ3v) is 3.47. The maximum absolute atomic E-state index is 5.13. The quantitative estimate of drug-likeness (QED) is 0.722.